The lowest BCUT2D eigenvalue weighted by Gasteiger charge is -2.11. The van der Waals surface area contributed by atoms with E-state index >= 15 is 0 Å². The summed E-state index contributed by atoms with van der Waals surface area (Å²) in [5.41, 5.74) is 6.92. The molecule has 0 fully saturated rings. The molecule has 2 nitrogen and oxygen atoms in total. The molecule has 0 amide bonds. The zero-order valence-corrected chi connectivity index (χ0v) is 12.3. The fourth-order valence-electron chi connectivity index (χ4n) is 1.83. The highest BCUT2D eigenvalue weighted by Crippen LogP contribution is 2.26. The first-order valence-corrected chi connectivity index (χ1v) is 7.03. The topological polar surface area (TPSA) is 35.2 Å². The van der Waals surface area contributed by atoms with Crippen molar-refractivity contribution in [3.8, 4) is 5.75 Å². The van der Waals surface area contributed by atoms with Gasteiger partial charge >= 0.3 is 0 Å². The fraction of sp³-hybridized carbons (Fsp3) is 0.600. The Bertz CT molecular complexity index is 364. The summed E-state index contributed by atoms with van der Waals surface area (Å²) in [7, 11) is 0. The van der Waals surface area contributed by atoms with Gasteiger partial charge in [0.2, 0.25) is 0 Å². The summed E-state index contributed by atoms with van der Waals surface area (Å²) >= 11 is 6.19. The van der Waals surface area contributed by atoms with E-state index in [9.17, 15) is 0 Å². The van der Waals surface area contributed by atoms with E-state index in [1.807, 2.05) is 25.1 Å². The van der Waals surface area contributed by atoms with Crippen molar-refractivity contribution in [2.24, 2.45) is 11.7 Å². The molecular weight excluding hydrogens is 246 g/mol. The average molecular weight is 270 g/mol. The van der Waals surface area contributed by atoms with Gasteiger partial charge in [0.15, 0.2) is 0 Å². The van der Waals surface area contributed by atoms with Crippen LogP contribution in [0.25, 0.3) is 0 Å². The summed E-state index contributed by atoms with van der Waals surface area (Å²) in [6, 6.07) is 6.07. The van der Waals surface area contributed by atoms with Crippen molar-refractivity contribution in [1.29, 1.82) is 0 Å². The third-order valence-electron chi connectivity index (χ3n) is 2.74. The second kappa shape index (κ2) is 7.65. The van der Waals surface area contributed by atoms with Crippen LogP contribution in [0.15, 0.2) is 18.2 Å². The van der Waals surface area contributed by atoms with Crippen LogP contribution in [0.4, 0.5) is 0 Å². The van der Waals surface area contributed by atoms with E-state index in [2.05, 4.69) is 13.8 Å². The molecule has 18 heavy (non-hydrogen) atoms. The summed E-state index contributed by atoms with van der Waals surface area (Å²) < 4.78 is 5.68. The van der Waals surface area contributed by atoms with Gasteiger partial charge in [-0.05, 0) is 49.8 Å². The molecule has 1 atom stereocenters. The molecule has 0 aliphatic carbocycles. The van der Waals surface area contributed by atoms with Crippen LogP contribution in [0.5, 0.6) is 5.75 Å². The zero-order chi connectivity index (χ0) is 13.5. The van der Waals surface area contributed by atoms with Gasteiger partial charge in [-0.3, -0.25) is 0 Å². The third-order valence-corrected chi connectivity index (χ3v) is 3.03. The molecule has 0 spiro atoms. The molecule has 0 radical (unpaired) electrons. The number of nitrogens with two attached hydrogens (primary N) is 1. The van der Waals surface area contributed by atoms with E-state index in [1.54, 1.807) is 0 Å². The molecule has 0 aromatic heterocycles. The fourth-order valence-corrected chi connectivity index (χ4v) is 2.09. The van der Waals surface area contributed by atoms with Gasteiger partial charge in [-0.25, -0.2) is 0 Å². The van der Waals surface area contributed by atoms with E-state index in [0.717, 1.165) is 36.7 Å². The summed E-state index contributed by atoms with van der Waals surface area (Å²) in [5.74, 6) is 1.49. The number of halogens is 1. The minimum Gasteiger partial charge on any atom is -0.492 e. The van der Waals surface area contributed by atoms with Crippen LogP contribution in [0.3, 0.4) is 0 Å². The van der Waals surface area contributed by atoms with Crippen LogP contribution < -0.4 is 10.5 Å². The van der Waals surface area contributed by atoms with Crippen molar-refractivity contribution < 1.29 is 4.74 Å². The highest BCUT2D eigenvalue weighted by Gasteiger charge is 2.05. The third kappa shape index (κ3) is 5.74. The van der Waals surface area contributed by atoms with Gasteiger partial charge in [0, 0.05) is 6.04 Å². The van der Waals surface area contributed by atoms with Gasteiger partial charge in [-0.15, -0.1) is 0 Å². The van der Waals surface area contributed by atoms with E-state index in [4.69, 9.17) is 22.1 Å². The molecule has 0 heterocycles. The van der Waals surface area contributed by atoms with Crippen molar-refractivity contribution in [1.82, 2.24) is 0 Å². The Morgan fingerprint density at radius 2 is 2.00 bits per heavy atom. The van der Waals surface area contributed by atoms with Gasteiger partial charge in [-0.2, -0.15) is 0 Å². The van der Waals surface area contributed by atoms with E-state index in [1.165, 1.54) is 6.42 Å². The molecule has 0 aliphatic heterocycles. The minimum absolute atomic E-state index is 0.152. The predicted octanol–water partition coefficient (Wildman–Crippen LogP) is 4.04. The van der Waals surface area contributed by atoms with Crippen molar-refractivity contribution in [3.05, 3.63) is 28.8 Å². The first-order valence-electron chi connectivity index (χ1n) is 6.66. The smallest absolute Gasteiger partial charge is 0.137 e. The molecule has 2 N–H and O–H groups in total. The highest BCUT2D eigenvalue weighted by molar-refractivity contribution is 6.32. The van der Waals surface area contributed by atoms with Gasteiger partial charge in [-0.1, -0.05) is 31.5 Å². The van der Waals surface area contributed by atoms with Gasteiger partial charge in [0.05, 0.1) is 11.6 Å². The van der Waals surface area contributed by atoms with Crippen LogP contribution in [0.1, 0.15) is 39.2 Å². The molecular formula is C15H24ClNO. The van der Waals surface area contributed by atoms with Crippen molar-refractivity contribution in [2.75, 3.05) is 6.61 Å². The lowest BCUT2D eigenvalue weighted by molar-refractivity contribution is 0.298. The Labute approximate surface area is 115 Å². The van der Waals surface area contributed by atoms with Gasteiger partial charge in [0.1, 0.15) is 5.75 Å². The van der Waals surface area contributed by atoms with Gasteiger partial charge < -0.3 is 10.5 Å². The maximum absolute atomic E-state index is 6.19. The molecule has 1 rings (SSSR count). The van der Waals surface area contributed by atoms with Crippen LogP contribution in [-0.4, -0.2) is 12.6 Å². The SMILES string of the molecule is CC(C)CCCOc1ccc(CC(C)N)cc1Cl. The van der Waals surface area contributed by atoms with Crippen LogP contribution >= 0.6 is 11.6 Å². The molecule has 0 saturated heterocycles. The summed E-state index contributed by atoms with van der Waals surface area (Å²) in [6.07, 6.45) is 3.09. The Morgan fingerprint density at radius 1 is 1.28 bits per heavy atom. The lowest BCUT2D eigenvalue weighted by Crippen LogP contribution is -2.17. The molecule has 1 unspecified atom stereocenters. The monoisotopic (exact) mass is 269 g/mol. The van der Waals surface area contributed by atoms with Gasteiger partial charge in [0.25, 0.3) is 0 Å². The quantitative estimate of drug-likeness (QED) is 0.758. The first-order chi connectivity index (χ1) is 8.49. The standard InChI is InChI=1S/C15H24ClNO/c1-11(2)5-4-8-18-15-7-6-13(9-12(3)17)10-14(15)16/h6-7,10-12H,4-5,8-9,17H2,1-3H3. The Hall–Kier alpha value is -0.730. The summed E-state index contributed by atoms with van der Waals surface area (Å²) in [5, 5.41) is 0.678. The van der Waals surface area contributed by atoms with Crippen molar-refractivity contribution in [3.63, 3.8) is 0 Å². The molecule has 102 valence electrons. The second-order valence-electron chi connectivity index (χ2n) is 5.33. The van der Waals surface area contributed by atoms with E-state index in [-0.39, 0.29) is 6.04 Å². The van der Waals surface area contributed by atoms with Crippen LogP contribution in [0.2, 0.25) is 5.02 Å². The number of rotatable bonds is 7. The van der Waals surface area contributed by atoms with Crippen molar-refractivity contribution >= 4 is 11.6 Å². The maximum Gasteiger partial charge on any atom is 0.137 e. The Morgan fingerprint density at radius 3 is 2.56 bits per heavy atom. The number of benzene rings is 1. The lowest BCUT2D eigenvalue weighted by atomic mass is 10.1. The normalized spacial score (nSPS) is 12.8. The molecule has 0 aliphatic rings. The largest absolute Gasteiger partial charge is 0.492 e. The predicted molar refractivity (Wildman–Crippen MR) is 78.4 cm³/mol. The highest BCUT2D eigenvalue weighted by atomic mass is 35.5. The second-order valence-corrected chi connectivity index (χ2v) is 5.74. The van der Waals surface area contributed by atoms with E-state index < -0.39 is 0 Å². The molecule has 0 bridgehead atoms. The summed E-state index contributed by atoms with van der Waals surface area (Å²) in [6.45, 7) is 7.15. The maximum atomic E-state index is 6.19. The summed E-state index contributed by atoms with van der Waals surface area (Å²) in [4.78, 5) is 0. The Balaban J connectivity index is 2.47. The zero-order valence-electron chi connectivity index (χ0n) is 11.6. The number of hydrogen-bond acceptors (Lipinski definition) is 2. The van der Waals surface area contributed by atoms with E-state index in [0.29, 0.717) is 5.02 Å². The van der Waals surface area contributed by atoms with Crippen molar-refractivity contribution in [2.45, 2.75) is 46.1 Å². The number of hydrogen-bond donors (Lipinski definition) is 1. The van der Waals surface area contributed by atoms with Crippen LogP contribution in [0, 0.1) is 5.92 Å². The average Bonchev–Trinajstić information content (AvgIpc) is 2.25. The molecule has 1 aromatic carbocycles. The molecule has 0 saturated carbocycles. The molecule has 3 heteroatoms. The number of ether oxygens (including phenoxy) is 1. The Kier molecular flexibility index (Phi) is 6.51. The molecule has 1 aromatic rings. The van der Waals surface area contributed by atoms with Crippen LogP contribution in [-0.2, 0) is 6.42 Å². The first kappa shape index (κ1) is 15.3. The minimum atomic E-state index is 0.152.